The van der Waals surface area contributed by atoms with Crippen LogP contribution in [0.5, 0.6) is 5.75 Å². The number of rotatable bonds is 10. The second kappa shape index (κ2) is 11.4. The highest BCUT2D eigenvalue weighted by Gasteiger charge is 2.18. The Labute approximate surface area is 178 Å². The average Bonchev–Trinajstić information content (AvgIpc) is 3.30. The van der Waals surface area contributed by atoms with Gasteiger partial charge in [-0.1, -0.05) is 37.6 Å². The van der Waals surface area contributed by atoms with Gasteiger partial charge in [-0.05, 0) is 49.1 Å². The topological polar surface area (TPSA) is 76.7 Å². The van der Waals surface area contributed by atoms with Crippen LogP contribution in [0.25, 0.3) is 0 Å². The summed E-state index contributed by atoms with van der Waals surface area (Å²) in [6.07, 6.45) is 4.14. The molecule has 0 aromatic heterocycles. The number of benzene rings is 2. The van der Waals surface area contributed by atoms with Gasteiger partial charge in [-0.2, -0.15) is 0 Å². The van der Waals surface area contributed by atoms with Crippen LogP contribution in [-0.2, 0) is 11.3 Å². The van der Waals surface area contributed by atoms with E-state index in [1.54, 1.807) is 24.3 Å². The zero-order chi connectivity index (χ0) is 21.2. The van der Waals surface area contributed by atoms with Crippen LogP contribution in [0.15, 0.2) is 48.5 Å². The summed E-state index contributed by atoms with van der Waals surface area (Å²) in [6, 6.07) is 14.5. The lowest BCUT2D eigenvalue weighted by atomic mass is 10.1. The predicted octanol–water partition coefficient (Wildman–Crippen LogP) is 3.70. The molecule has 2 amide bonds. The van der Waals surface area contributed by atoms with E-state index in [1.165, 1.54) is 0 Å². The molecule has 2 aromatic rings. The number of unbranched alkanes of at least 4 members (excludes halogenated alkanes) is 1. The number of ether oxygens (including phenoxy) is 2. The lowest BCUT2D eigenvalue weighted by Crippen LogP contribution is -2.25. The summed E-state index contributed by atoms with van der Waals surface area (Å²) in [6.45, 7) is 4.36. The third kappa shape index (κ3) is 6.32. The van der Waals surface area contributed by atoms with Crippen LogP contribution in [0.4, 0.5) is 0 Å². The fourth-order valence-corrected chi connectivity index (χ4v) is 3.27. The first-order valence-corrected chi connectivity index (χ1v) is 10.7. The van der Waals surface area contributed by atoms with Gasteiger partial charge in [-0.3, -0.25) is 9.59 Å². The molecule has 30 heavy (non-hydrogen) atoms. The van der Waals surface area contributed by atoms with Crippen LogP contribution in [0, 0.1) is 0 Å². The third-order valence-electron chi connectivity index (χ3n) is 5.07. The molecule has 2 aromatic carbocycles. The van der Waals surface area contributed by atoms with Gasteiger partial charge in [0, 0.05) is 25.3 Å². The van der Waals surface area contributed by atoms with Gasteiger partial charge >= 0.3 is 0 Å². The van der Waals surface area contributed by atoms with Crippen molar-refractivity contribution in [2.45, 2.75) is 45.3 Å². The molecule has 1 aliphatic rings. The van der Waals surface area contributed by atoms with Crippen molar-refractivity contribution >= 4 is 11.8 Å². The van der Waals surface area contributed by atoms with E-state index in [-0.39, 0.29) is 17.9 Å². The number of para-hydroxylation sites is 1. The van der Waals surface area contributed by atoms with Crippen LogP contribution < -0.4 is 15.4 Å². The maximum absolute atomic E-state index is 12.7. The first kappa shape index (κ1) is 21.8. The number of carbonyl (C=O) groups excluding carboxylic acids is 2. The lowest BCUT2D eigenvalue weighted by Gasteiger charge is -2.14. The molecule has 0 spiro atoms. The quantitative estimate of drug-likeness (QED) is 0.586. The summed E-state index contributed by atoms with van der Waals surface area (Å²) >= 11 is 0. The molecule has 2 N–H and O–H groups in total. The van der Waals surface area contributed by atoms with E-state index in [0.717, 1.165) is 37.9 Å². The largest absolute Gasteiger partial charge is 0.490 e. The summed E-state index contributed by atoms with van der Waals surface area (Å²) in [5.41, 5.74) is 2.04. The lowest BCUT2D eigenvalue weighted by molar-refractivity contribution is 0.0670. The summed E-state index contributed by atoms with van der Waals surface area (Å²) in [5, 5.41) is 5.82. The van der Waals surface area contributed by atoms with Crippen molar-refractivity contribution in [2.24, 2.45) is 0 Å². The van der Waals surface area contributed by atoms with E-state index in [9.17, 15) is 9.59 Å². The van der Waals surface area contributed by atoms with Crippen molar-refractivity contribution in [1.82, 2.24) is 10.6 Å². The Balaban J connectivity index is 1.52. The molecule has 1 heterocycles. The monoisotopic (exact) mass is 410 g/mol. The molecule has 1 fully saturated rings. The highest BCUT2D eigenvalue weighted by Crippen LogP contribution is 2.20. The molecule has 1 saturated heterocycles. The van der Waals surface area contributed by atoms with Gasteiger partial charge in [-0.15, -0.1) is 0 Å². The molecule has 1 aliphatic heterocycles. The molecule has 160 valence electrons. The van der Waals surface area contributed by atoms with E-state index >= 15 is 0 Å². The molecule has 1 unspecified atom stereocenters. The van der Waals surface area contributed by atoms with Gasteiger partial charge in [0.1, 0.15) is 12.4 Å². The fourth-order valence-electron chi connectivity index (χ4n) is 3.27. The van der Waals surface area contributed by atoms with E-state index in [4.69, 9.17) is 9.47 Å². The molecular formula is C24H30N2O4. The van der Waals surface area contributed by atoms with Crippen molar-refractivity contribution < 1.29 is 19.1 Å². The molecule has 0 aliphatic carbocycles. The summed E-state index contributed by atoms with van der Waals surface area (Å²) in [5.74, 6) is 0.292. The van der Waals surface area contributed by atoms with Crippen molar-refractivity contribution in [2.75, 3.05) is 19.8 Å². The van der Waals surface area contributed by atoms with Crippen molar-refractivity contribution in [3.63, 3.8) is 0 Å². The molecule has 0 bridgehead atoms. The van der Waals surface area contributed by atoms with Gasteiger partial charge in [0.15, 0.2) is 0 Å². The minimum Gasteiger partial charge on any atom is -0.490 e. The van der Waals surface area contributed by atoms with Crippen LogP contribution in [0.2, 0.25) is 0 Å². The molecule has 0 radical (unpaired) electrons. The van der Waals surface area contributed by atoms with Crippen molar-refractivity contribution in [1.29, 1.82) is 0 Å². The zero-order valence-electron chi connectivity index (χ0n) is 17.5. The van der Waals surface area contributed by atoms with Crippen LogP contribution in [0.3, 0.4) is 0 Å². The average molecular weight is 411 g/mol. The van der Waals surface area contributed by atoms with Crippen molar-refractivity contribution in [3.8, 4) is 5.75 Å². The second-order valence-electron chi connectivity index (χ2n) is 7.43. The molecule has 0 saturated carbocycles. The Bertz CT molecular complexity index is 829. The predicted molar refractivity (Wildman–Crippen MR) is 116 cm³/mol. The minimum absolute atomic E-state index is 0.0728. The van der Waals surface area contributed by atoms with Crippen molar-refractivity contribution in [3.05, 3.63) is 65.2 Å². The Hall–Kier alpha value is -2.86. The van der Waals surface area contributed by atoms with Gasteiger partial charge in [0.2, 0.25) is 0 Å². The maximum Gasteiger partial charge on any atom is 0.255 e. The fraction of sp³-hybridized carbons (Fsp3) is 0.417. The van der Waals surface area contributed by atoms with Gasteiger partial charge < -0.3 is 20.1 Å². The van der Waals surface area contributed by atoms with Crippen LogP contribution >= 0.6 is 0 Å². The van der Waals surface area contributed by atoms with Crippen LogP contribution in [0.1, 0.15) is 58.9 Å². The van der Waals surface area contributed by atoms with Gasteiger partial charge in [-0.25, -0.2) is 0 Å². The highest BCUT2D eigenvalue weighted by molar-refractivity contribution is 5.97. The van der Waals surface area contributed by atoms with E-state index in [2.05, 4.69) is 17.6 Å². The number of hydrogen-bond acceptors (Lipinski definition) is 4. The second-order valence-corrected chi connectivity index (χ2v) is 7.43. The van der Waals surface area contributed by atoms with Gasteiger partial charge in [0.25, 0.3) is 11.8 Å². The summed E-state index contributed by atoms with van der Waals surface area (Å²) < 4.78 is 11.4. The molecular weight excluding hydrogens is 380 g/mol. The maximum atomic E-state index is 12.7. The van der Waals surface area contributed by atoms with Crippen LogP contribution in [-0.4, -0.2) is 37.7 Å². The number of amides is 2. The first-order valence-electron chi connectivity index (χ1n) is 10.7. The zero-order valence-corrected chi connectivity index (χ0v) is 17.5. The summed E-state index contributed by atoms with van der Waals surface area (Å²) in [7, 11) is 0. The standard InChI is InChI=1S/C24H30N2O4/c1-2-3-14-25-23(27)19-12-10-18(11-13-19)16-26-24(28)21-8-4-5-9-22(21)30-17-20-7-6-15-29-20/h4-5,8-13,20H,2-3,6-7,14-17H2,1H3,(H,25,27)(H,26,28). The minimum atomic E-state index is -0.195. The summed E-state index contributed by atoms with van der Waals surface area (Å²) in [4.78, 5) is 24.7. The highest BCUT2D eigenvalue weighted by atomic mass is 16.5. The molecule has 6 heteroatoms. The van der Waals surface area contributed by atoms with E-state index < -0.39 is 0 Å². The Kier molecular flexibility index (Phi) is 8.27. The SMILES string of the molecule is CCCCNC(=O)c1ccc(CNC(=O)c2ccccc2OCC2CCCO2)cc1. The van der Waals surface area contributed by atoms with Gasteiger partial charge in [0.05, 0.1) is 11.7 Å². The number of hydrogen-bond donors (Lipinski definition) is 2. The smallest absolute Gasteiger partial charge is 0.255 e. The first-order chi connectivity index (χ1) is 14.7. The number of carbonyl (C=O) groups is 2. The van der Waals surface area contributed by atoms with E-state index in [1.807, 2.05) is 24.3 Å². The normalized spacial score (nSPS) is 15.6. The molecule has 1 atom stereocenters. The Morgan fingerprint density at radius 1 is 1.07 bits per heavy atom. The molecule has 3 rings (SSSR count). The Morgan fingerprint density at radius 2 is 1.87 bits per heavy atom. The Morgan fingerprint density at radius 3 is 2.60 bits per heavy atom. The third-order valence-corrected chi connectivity index (χ3v) is 5.07. The molecule has 6 nitrogen and oxygen atoms in total. The number of nitrogens with one attached hydrogen (secondary N) is 2. The van der Waals surface area contributed by atoms with E-state index in [0.29, 0.717) is 36.6 Å².